The molecule has 1 aromatic carbocycles. The first-order valence-corrected chi connectivity index (χ1v) is 5.26. The highest BCUT2D eigenvalue weighted by atomic mass is 16.5. The summed E-state index contributed by atoms with van der Waals surface area (Å²) in [6.45, 7) is 5.14. The van der Waals surface area contributed by atoms with Crippen molar-refractivity contribution in [2.75, 3.05) is 7.11 Å². The van der Waals surface area contributed by atoms with Gasteiger partial charge in [0.25, 0.3) is 0 Å². The van der Waals surface area contributed by atoms with E-state index in [0.717, 1.165) is 6.26 Å². The third-order valence-corrected chi connectivity index (χ3v) is 2.22. The lowest BCUT2D eigenvalue weighted by Crippen LogP contribution is -2.06. The molecule has 1 aromatic rings. The number of benzene rings is 1. The Balaban J connectivity index is 2.68. The normalized spacial score (nSPS) is 10.7. The fraction of sp³-hybridized carbons (Fsp3) is 0.143. The van der Waals surface area contributed by atoms with Crippen LogP contribution in [0.3, 0.4) is 0 Å². The number of esters is 2. The Hall–Kier alpha value is -2.36. The average Bonchev–Trinajstić information content (AvgIpc) is 2.43. The minimum Gasteiger partial charge on any atom is -0.466 e. The SMILES string of the molecule is C=C(C(=O)O/C=C(\C)C(=O)OC)c1ccccc1. The van der Waals surface area contributed by atoms with Crippen molar-refractivity contribution in [3.8, 4) is 0 Å². The molecule has 0 unspecified atom stereocenters. The molecule has 0 aliphatic carbocycles. The highest BCUT2D eigenvalue weighted by Gasteiger charge is 2.11. The lowest BCUT2D eigenvalue weighted by Gasteiger charge is -2.04. The van der Waals surface area contributed by atoms with Gasteiger partial charge in [0.05, 0.1) is 18.3 Å². The summed E-state index contributed by atoms with van der Waals surface area (Å²) < 4.78 is 9.31. The monoisotopic (exact) mass is 246 g/mol. The van der Waals surface area contributed by atoms with Gasteiger partial charge in [0.2, 0.25) is 0 Å². The van der Waals surface area contributed by atoms with Crippen LogP contribution in [-0.2, 0) is 19.1 Å². The molecule has 4 nitrogen and oxygen atoms in total. The molecule has 94 valence electrons. The zero-order valence-electron chi connectivity index (χ0n) is 10.3. The van der Waals surface area contributed by atoms with E-state index in [2.05, 4.69) is 11.3 Å². The fourth-order valence-corrected chi connectivity index (χ4v) is 1.18. The smallest absolute Gasteiger partial charge is 0.342 e. The largest absolute Gasteiger partial charge is 0.466 e. The van der Waals surface area contributed by atoms with E-state index < -0.39 is 11.9 Å². The van der Waals surface area contributed by atoms with Crippen molar-refractivity contribution in [3.05, 3.63) is 54.3 Å². The second-order valence-electron chi connectivity index (χ2n) is 3.54. The van der Waals surface area contributed by atoms with Crippen LogP contribution in [0.5, 0.6) is 0 Å². The molecular formula is C14H14O4. The Morgan fingerprint density at radius 2 is 1.78 bits per heavy atom. The molecule has 0 aliphatic heterocycles. The van der Waals surface area contributed by atoms with Gasteiger partial charge in [0, 0.05) is 0 Å². The molecule has 0 spiro atoms. The van der Waals surface area contributed by atoms with Crippen molar-refractivity contribution in [1.82, 2.24) is 0 Å². The van der Waals surface area contributed by atoms with Gasteiger partial charge < -0.3 is 9.47 Å². The maximum atomic E-state index is 11.6. The third kappa shape index (κ3) is 3.59. The molecule has 0 amide bonds. The van der Waals surface area contributed by atoms with E-state index in [-0.39, 0.29) is 11.1 Å². The van der Waals surface area contributed by atoms with Gasteiger partial charge in [-0.15, -0.1) is 0 Å². The van der Waals surface area contributed by atoms with Gasteiger partial charge in [-0.05, 0) is 12.5 Å². The molecule has 0 N–H and O–H groups in total. The first kappa shape index (κ1) is 13.7. The Bertz CT molecular complexity index is 486. The molecule has 4 heteroatoms. The second kappa shape index (κ2) is 6.39. The summed E-state index contributed by atoms with van der Waals surface area (Å²) in [5.74, 6) is -1.16. The Morgan fingerprint density at radius 1 is 1.17 bits per heavy atom. The fourth-order valence-electron chi connectivity index (χ4n) is 1.18. The molecule has 0 fully saturated rings. The maximum absolute atomic E-state index is 11.6. The van der Waals surface area contributed by atoms with Crippen LogP contribution in [-0.4, -0.2) is 19.0 Å². The highest BCUT2D eigenvalue weighted by Crippen LogP contribution is 2.13. The molecule has 1 rings (SSSR count). The van der Waals surface area contributed by atoms with Gasteiger partial charge in [-0.2, -0.15) is 0 Å². The summed E-state index contributed by atoms with van der Waals surface area (Å²) in [5, 5.41) is 0. The number of methoxy groups -OCH3 is 1. The number of carbonyl (C=O) groups excluding carboxylic acids is 2. The van der Waals surface area contributed by atoms with Crippen LogP contribution < -0.4 is 0 Å². The van der Waals surface area contributed by atoms with Crippen molar-refractivity contribution in [3.63, 3.8) is 0 Å². The number of rotatable bonds is 4. The van der Waals surface area contributed by atoms with Gasteiger partial charge in [0.15, 0.2) is 0 Å². The predicted molar refractivity (Wildman–Crippen MR) is 67.3 cm³/mol. The summed E-state index contributed by atoms with van der Waals surface area (Å²) in [7, 11) is 1.25. The molecule has 0 aliphatic rings. The highest BCUT2D eigenvalue weighted by molar-refractivity contribution is 6.15. The molecule has 0 aromatic heterocycles. The van der Waals surface area contributed by atoms with E-state index in [1.54, 1.807) is 24.3 Å². The van der Waals surface area contributed by atoms with Crippen LogP contribution in [0.2, 0.25) is 0 Å². The molecule has 0 atom stereocenters. The molecule has 0 bridgehead atoms. The average molecular weight is 246 g/mol. The van der Waals surface area contributed by atoms with E-state index in [9.17, 15) is 9.59 Å². The van der Waals surface area contributed by atoms with Crippen LogP contribution in [0.25, 0.3) is 5.57 Å². The lowest BCUT2D eigenvalue weighted by atomic mass is 10.1. The lowest BCUT2D eigenvalue weighted by molar-refractivity contribution is -0.136. The molecule has 0 radical (unpaired) electrons. The number of ether oxygens (including phenoxy) is 2. The van der Waals surface area contributed by atoms with E-state index in [4.69, 9.17) is 4.74 Å². The Labute approximate surface area is 106 Å². The summed E-state index contributed by atoms with van der Waals surface area (Å²) in [6.07, 6.45) is 1.06. The minimum atomic E-state index is -0.607. The zero-order valence-corrected chi connectivity index (χ0v) is 10.3. The van der Waals surface area contributed by atoms with Gasteiger partial charge in [0.1, 0.15) is 6.26 Å². The summed E-state index contributed by atoms with van der Waals surface area (Å²) >= 11 is 0. The van der Waals surface area contributed by atoms with E-state index in [1.807, 2.05) is 6.07 Å². The van der Waals surface area contributed by atoms with Crippen molar-refractivity contribution in [2.24, 2.45) is 0 Å². The van der Waals surface area contributed by atoms with Gasteiger partial charge in [-0.1, -0.05) is 36.9 Å². The Kier molecular flexibility index (Phi) is 4.87. The number of hydrogen-bond donors (Lipinski definition) is 0. The van der Waals surface area contributed by atoms with Crippen LogP contribution in [0.15, 0.2) is 48.7 Å². The standard InChI is InChI=1S/C14H14O4/c1-10(13(15)17-3)9-18-14(16)11(2)12-7-5-4-6-8-12/h4-9H,2H2,1,3H3/b10-9+. The number of carbonyl (C=O) groups is 2. The van der Waals surface area contributed by atoms with Gasteiger partial charge in [-0.25, -0.2) is 9.59 Å². The van der Waals surface area contributed by atoms with Crippen LogP contribution in [0.4, 0.5) is 0 Å². The predicted octanol–water partition coefficient (Wildman–Crippen LogP) is 2.32. The van der Waals surface area contributed by atoms with Crippen molar-refractivity contribution in [2.45, 2.75) is 6.92 Å². The van der Waals surface area contributed by atoms with Gasteiger partial charge >= 0.3 is 11.9 Å². The summed E-state index contributed by atoms with van der Waals surface area (Å²) in [6, 6.07) is 8.93. The zero-order chi connectivity index (χ0) is 13.5. The molecule has 0 saturated heterocycles. The summed E-state index contributed by atoms with van der Waals surface area (Å²) in [5.41, 5.74) is 1.10. The molecule has 0 heterocycles. The quantitative estimate of drug-likeness (QED) is 0.465. The molecular weight excluding hydrogens is 232 g/mol. The maximum Gasteiger partial charge on any atom is 0.342 e. The summed E-state index contributed by atoms with van der Waals surface area (Å²) in [4.78, 5) is 22.7. The van der Waals surface area contributed by atoms with Crippen LogP contribution >= 0.6 is 0 Å². The topological polar surface area (TPSA) is 52.6 Å². The Morgan fingerprint density at radius 3 is 2.33 bits per heavy atom. The molecule has 18 heavy (non-hydrogen) atoms. The third-order valence-electron chi connectivity index (χ3n) is 2.22. The van der Waals surface area contributed by atoms with Crippen molar-refractivity contribution >= 4 is 17.5 Å². The van der Waals surface area contributed by atoms with E-state index in [1.165, 1.54) is 14.0 Å². The first-order valence-electron chi connectivity index (χ1n) is 5.26. The van der Waals surface area contributed by atoms with Gasteiger partial charge in [-0.3, -0.25) is 0 Å². The van der Waals surface area contributed by atoms with Crippen molar-refractivity contribution in [1.29, 1.82) is 0 Å². The number of hydrogen-bond acceptors (Lipinski definition) is 4. The first-order chi connectivity index (χ1) is 8.56. The molecule has 0 saturated carbocycles. The van der Waals surface area contributed by atoms with E-state index >= 15 is 0 Å². The van der Waals surface area contributed by atoms with Crippen molar-refractivity contribution < 1.29 is 19.1 Å². The van der Waals surface area contributed by atoms with Crippen LogP contribution in [0, 0.1) is 0 Å². The minimum absolute atomic E-state index is 0.201. The van der Waals surface area contributed by atoms with E-state index in [0.29, 0.717) is 5.56 Å². The van der Waals surface area contributed by atoms with Crippen LogP contribution in [0.1, 0.15) is 12.5 Å². The second-order valence-corrected chi connectivity index (χ2v) is 3.54.